The monoisotopic (exact) mass is 291 g/mol. The summed E-state index contributed by atoms with van der Waals surface area (Å²) in [4.78, 5) is 11.8. The number of methoxy groups -OCH3 is 1. The number of benzene rings is 2. The summed E-state index contributed by atoms with van der Waals surface area (Å²) in [6, 6.07) is 14.1. The van der Waals surface area contributed by atoms with Gasteiger partial charge in [0.2, 0.25) is 0 Å². The molecule has 0 saturated carbocycles. The van der Waals surface area contributed by atoms with Gasteiger partial charge in [0.1, 0.15) is 11.5 Å². The van der Waals surface area contributed by atoms with Crippen LogP contribution in [0.1, 0.15) is 0 Å². The molecule has 20 heavy (non-hydrogen) atoms. The Bertz CT molecular complexity index is 601. The zero-order chi connectivity index (χ0) is 14.4. The molecule has 2 aromatic carbocycles. The van der Waals surface area contributed by atoms with Gasteiger partial charge in [0.15, 0.2) is 6.61 Å². The third-order valence-electron chi connectivity index (χ3n) is 2.55. The number of carbonyl (C=O) groups excluding carboxylic acids is 1. The van der Waals surface area contributed by atoms with E-state index in [1.165, 1.54) is 0 Å². The summed E-state index contributed by atoms with van der Waals surface area (Å²) in [5.41, 5.74) is 0.606. The lowest BCUT2D eigenvalue weighted by Crippen LogP contribution is -2.20. The summed E-state index contributed by atoms with van der Waals surface area (Å²) in [6.45, 7) is -0.0988. The predicted octanol–water partition coefficient (Wildman–Crippen LogP) is 3.37. The minimum atomic E-state index is -0.269. The zero-order valence-electron chi connectivity index (χ0n) is 10.9. The molecule has 0 aliphatic carbocycles. The van der Waals surface area contributed by atoms with Crippen LogP contribution in [-0.4, -0.2) is 19.6 Å². The first-order valence-electron chi connectivity index (χ1n) is 6.00. The fraction of sp³-hybridized carbons (Fsp3) is 0.133. The molecule has 0 atom stereocenters. The molecule has 2 rings (SSSR count). The van der Waals surface area contributed by atoms with Crippen molar-refractivity contribution in [3.8, 4) is 11.5 Å². The quantitative estimate of drug-likeness (QED) is 0.919. The van der Waals surface area contributed by atoms with E-state index in [0.717, 1.165) is 0 Å². The second-order valence-electron chi connectivity index (χ2n) is 3.99. The molecular formula is C15H14ClNO3. The molecule has 4 nitrogen and oxygen atoms in total. The van der Waals surface area contributed by atoms with Crippen LogP contribution >= 0.6 is 11.6 Å². The van der Waals surface area contributed by atoms with Crippen molar-refractivity contribution in [2.45, 2.75) is 0 Å². The Morgan fingerprint density at radius 3 is 2.75 bits per heavy atom. The van der Waals surface area contributed by atoms with E-state index in [-0.39, 0.29) is 12.5 Å². The normalized spacial score (nSPS) is 9.90. The molecule has 0 spiro atoms. The van der Waals surface area contributed by atoms with Gasteiger partial charge < -0.3 is 14.8 Å². The maximum atomic E-state index is 11.8. The maximum Gasteiger partial charge on any atom is 0.262 e. The van der Waals surface area contributed by atoms with Crippen LogP contribution in [0.15, 0.2) is 48.5 Å². The molecule has 0 aliphatic rings. The average molecular weight is 292 g/mol. The molecule has 104 valence electrons. The lowest BCUT2D eigenvalue weighted by molar-refractivity contribution is -0.118. The SMILES string of the molecule is COc1ccccc1NC(=O)COc1cccc(Cl)c1. The van der Waals surface area contributed by atoms with E-state index >= 15 is 0 Å². The second-order valence-corrected chi connectivity index (χ2v) is 4.43. The minimum absolute atomic E-state index is 0.0988. The van der Waals surface area contributed by atoms with Crippen LogP contribution in [0.5, 0.6) is 11.5 Å². The number of ether oxygens (including phenoxy) is 2. The van der Waals surface area contributed by atoms with Crippen molar-refractivity contribution < 1.29 is 14.3 Å². The molecular weight excluding hydrogens is 278 g/mol. The summed E-state index contributed by atoms with van der Waals surface area (Å²) in [7, 11) is 1.55. The van der Waals surface area contributed by atoms with Crippen LogP contribution < -0.4 is 14.8 Å². The molecule has 5 heteroatoms. The van der Waals surface area contributed by atoms with E-state index in [1.807, 2.05) is 12.1 Å². The van der Waals surface area contributed by atoms with E-state index in [2.05, 4.69) is 5.32 Å². The fourth-order valence-corrected chi connectivity index (χ4v) is 1.82. The number of para-hydroxylation sites is 2. The summed E-state index contributed by atoms with van der Waals surface area (Å²) in [5.74, 6) is 0.880. The number of amides is 1. The molecule has 0 fully saturated rings. The van der Waals surface area contributed by atoms with E-state index in [4.69, 9.17) is 21.1 Å². The summed E-state index contributed by atoms with van der Waals surface area (Å²) < 4.78 is 10.5. The predicted molar refractivity (Wildman–Crippen MR) is 78.6 cm³/mol. The van der Waals surface area contributed by atoms with Gasteiger partial charge in [-0.15, -0.1) is 0 Å². The highest BCUT2D eigenvalue weighted by Gasteiger charge is 2.07. The lowest BCUT2D eigenvalue weighted by atomic mass is 10.3. The van der Waals surface area contributed by atoms with Gasteiger partial charge in [-0.25, -0.2) is 0 Å². The highest BCUT2D eigenvalue weighted by Crippen LogP contribution is 2.23. The molecule has 0 saturated heterocycles. The number of hydrogen-bond donors (Lipinski definition) is 1. The van der Waals surface area contributed by atoms with Crippen molar-refractivity contribution in [2.75, 3.05) is 19.0 Å². The number of rotatable bonds is 5. The van der Waals surface area contributed by atoms with Gasteiger partial charge in [0.25, 0.3) is 5.91 Å². The van der Waals surface area contributed by atoms with Gasteiger partial charge in [-0.3, -0.25) is 4.79 Å². The topological polar surface area (TPSA) is 47.6 Å². The van der Waals surface area contributed by atoms with Crippen LogP contribution in [0.4, 0.5) is 5.69 Å². The van der Waals surface area contributed by atoms with Gasteiger partial charge in [-0.2, -0.15) is 0 Å². The first-order valence-corrected chi connectivity index (χ1v) is 6.38. The Hall–Kier alpha value is -2.20. The Morgan fingerprint density at radius 1 is 1.20 bits per heavy atom. The van der Waals surface area contributed by atoms with Crippen LogP contribution in [0.25, 0.3) is 0 Å². The Morgan fingerprint density at radius 2 is 2.00 bits per heavy atom. The first-order chi connectivity index (χ1) is 9.69. The van der Waals surface area contributed by atoms with Crippen LogP contribution in [0, 0.1) is 0 Å². The minimum Gasteiger partial charge on any atom is -0.495 e. The van der Waals surface area contributed by atoms with E-state index in [1.54, 1.807) is 43.5 Å². The van der Waals surface area contributed by atoms with Gasteiger partial charge in [-0.05, 0) is 30.3 Å². The molecule has 1 amide bonds. The highest BCUT2D eigenvalue weighted by atomic mass is 35.5. The molecule has 0 bridgehead atoms. The molecule has 0 aliphatic heterocycles. The first kappa shape index (κ1) is 14.2. The number of carbonyl (C=O) groups is 1. The molecule has 0 radical (unpaired) electrons. The van der Waals surface area contributed by atoms with Crippen molar-refractivity contribution in [3.05, 3.63) is 53.6 Å². The zero-order valence-corrected chi connectivity index (χ0v) is 11.7. The largest absolute Gasteiger partial charge is 0.495 e. The van der Waals surface area contributed by atoms with Crippen molar-refractivity contribution in [1.29, 1.82) is 0 Å². The highest BCUT2D eigenvalue weighted by molar-refractivity contribution is 6.30. The molecule has 1 N–H and O–H groups in total. The van der Waals surface area contributed by atoms with Gasteiger partial charge in [0.05, 0.1) is 12.8 Å². The van der Waals surface area contributed by atoms with Crippen molar-refractivity contribution in [2.24, 2.45) is 0 Å². The van der Waals surface area contributed by atoms with Crippen LogP contribution in [-0.2, 0) is 4.79 Å². The maximum absolute atomic E-state index is 11.8. The van der Waals surface area contributed by atoms with Gasteiger partial charge >= 0.3 is 0 Å². The third kappa shape index (κ3) is 3.90. The van der Waals surface area contributed by atoms with E-state index < -0.39 is 0 Å². The number of halogens is 1. The van der Waals surface area contributed by atoms with Crippen LogP contribution in [0.3, 0.4) is 0 Å². The number of hydrogen-bond acceptors (Lipinski definition) is 3. The van der Waals surface area contributed by atoms with Crippen molar-refractivity contribution in [3.63, 3.8) is 0 Å². The second kappa shape index (κ2) is 6.82. The van der Waals surface area contributed by atoms with Gasteiger partial charge in [-0.1, -0.05) is 29.8 Å². The Labute approximate surface area is 122 Å². The summed E-state index contributed by atoms with van der Waals surface area (Å²) in [6.07, 6.45) is 0. The molecule has 0 heterocycles. The van der Waals surface area contributed by atoms with Crippen molar-refractivity contribution >= 4 is 23.2 Å². The van der Waals surface area contributed by atoms with Crippen molar-refractivity contribution in [1.82, 2.24) is 0 Å². The number of nitrogens with one attached hydrogen (secondary N) is 1. The standard InChI is InChI=1S/C15H14ClNO3/c1-19-14-8-3-2-7-13(14)17-15(18)10-20-12-6-4-5-11(16)9-12/h2-9H,10H2,1H3,(H,17,18). The molecule has 2 aromatic rings. The third-order valence-corrected chi connectivity index (χ3v) is 2.78. The fourth-order valence-electron chi connectivity index (χ4n) is 1.64. The Kier molecular flexibility index (Phi) is 4.85. The number of anilines is 1. The molecule has 0 unspecified atom stereocenters. The molecule has 0 aromatic heterocycles. The van der Waals surface area contributed by atoms with Crippen LogP contribution in [0.2, 0.25) is 5.02 Å². The van der Waals surface area contributed by atoms with Gasteiger partial charge in [0, 0.05) is 5.02 Å². The van der Waals surface area contributed by atoms with E-state index in [0.29, 0.717) is 22.2 Å². The average Bonchev–Trinajstić information content (AvgIpc) is 2.46. The van der Waals surface area contributed by atoms with E-state index in [9.17, 15) is 4.79 Å². The smallest absolute Gasteiger partial charge is 0.262 e. The Balaban J connectivity index is 1.93. The summed E-state index contributed by atoms with van der Waals surface area (Å²) in [5, 5.41) is 3.29. The lowest BCUT2D eigenvalue weighted by Gasteiger charge is -2.10. The summed E-state index contributed by atoms with van der Waals surface area (Å²) >= 11 is 5.83.